The molecule has 2 aliphatic rings. The highest BCUT2D eigenvalue weighted by atomic mass is 19.4. The van der Waals surface area contributed by atoms with Gasteiger partial charge in [-0.2, -0.15) is 32.8 Å². The Labute approximate surface area is 223 Å². The van der Waals surface area contributed by atoms with Crippen LogP contribution >= 0.6 is 0 Å². The Hall–Kier alpha value is -5.01. The zero-order valence-electron chi connectivity index (χ0n) is 20.5. The summed E-state index contributed by atoms with van der Waals surface area (Å²) in [5.74, 6) is -0.644. The van der Waals surface area contributed by atoms with Crippen molar-refractivity contribution in [2.24, 2.45) is 0 Å². The van der Waals surface area contributed by atoms with Gasteiger partial charge >= 0.3 is 12.2 Å². The van der Waals surface area contributed by atoms with E-state index in [1.165, 1.54) is 47.1 Å². The van der Waals surface area contributed by atoms with Crippen molar-refractivity contribution in [3.8, 4) is 11.1 Å². The number of anilines is 2. The van der Waals surface area contributed by atoms with Crippen LogP contribution in [0.15, 0.2) is 54.4 Å². The van der Waals surface area contributed by atoms with Crippen LogP contribution in [-0.4, -0.2) is 37.6 Å². The van der Waals surface area contributed by atoms with Gasteiger partial charge in [-0.1, -0.05) is 18.2 Å². The number of aromatic nitrogens is 4. The molecule has 2 fully saturated rings. The van der Waals surface area contributed by atoms with Crippen molar-refractivity contribution in [1.82, 2.24) is 30.2 Å². The Bertz CT molecular complexity index is 1690. The van der Waals surface area contributed by atoms with E-state index in [2.05, 4.69) is 36.3 Å². The minimum Gasteiger partial charge on any atom is -0.351 e. The highest BCUT2D eigenvalue weighted by molar-refractivity contribution is 6.14. The van der Waals surface area contributed by atoms with Crippen molar-refractivity contribution < 1.29 is 27.2 Å². The van der Waals surface area contributed by atoms with Gasteiger partial charge in [0.25, 0.3) is 5.91 Å². The molecule has 0 radical (unpaired) electrons. The third kappa shape index (κ3) is 5.15. The Morgan fingerprint density at radius 3 is 2.62 bits per heavy atom. The highest BCUT2D eigenvalue weighted by Crippen LogP contribution is 2.34. The third-order valence-electron chi connectivity index (χ3n) is 6.33. The third-order valence-corrected chi connectivity index (χ3v) is 6.33. The first-order valence-electron chi connectivity index (χ1n) is 12.2. The molecule has 1 saturated heterocycles. The fourth-order valence-electron chi connectivity index (χ4n) is 4.24. The average molecular weight is 552 g/mol. The van der Waals surface area contributed by atoms with Crippen LogP contribution in [0.5, 0.6) is 0 Å². The Morgan fingerprint density at radius 2 is 1.90 bits per heavy atom. The van der Waals surface area contributed by atoms with Gasteiger partial charge in [-0.05, 0) is 59.9 Å². The number of hydrogen-bond acceptors (Lipinski definition) is 7. The number of fused-ring (bicyclic) bond motifs is 1. The predicted octanol–water partition coefficient (Wildman–Crippen LogP) is 4.32. The summed E-state index contributed by atoms with van der Waals surface area (Å²) in [6.45, 7) is -0.00853. The molecular weight excluding hydrogens is 532 g/mol. The molecule has 4 aromatic rings. The van der Waals surface area contributed by atoms with E-state index in [1.54, 1.807) is 0 Å². The Morgan fingerprint density at radius 1 is 1.07 bits per heavy atom. The first-order chi connectivity index (χ1) is 19.1. The molecule has 40 heavy (non-hydrogen) atoms. The largest absolute Gasteiger partial charge is 0.416 e. The smallest absolute Gasteiger partial charge is 0.351 e. The number of nitrogens with one attached hydrogen (secondary N) is 4. The van der Waals surface area contributed by atoms with Gasteiger partial charge in [0.15, 0.2) is 5.65 Å². The molecule has 204 valence electrons. The molecule has 3 amide bonds. The molecule has 3 heterocycles. The van der Waals surface area contributed by atoms with Crippen LogP contribution in [0.1, 0.15) is 29.5 Å². The van der Waals surface area contributed by atoms with Crippen LogP contribution < -0.4 is 21.3 Å². The van der Waals surface area contributed by atoms with E-state index >= 15 is 0 Å². The maximum atomic E-state index is 14.2. The maximum absolute atomic E-state index is 14.2. The molecule has 0 bridgehead atoms. The number of alkyl halides is 3. The van der Waals surface area contributed by atoms with Crippen molar-refractivity contribution in [1.29, 1.82) is 0 Å². The van der Waals surface area contributed by atoms with Gasteiger partial charge in [-0.25, -0.2) is 9.18 Å². The second-order valence-electron chi connectivity index (χ2n) is 9.32. The predicted molar refractivity (Wildman–Crippen MR) is 136 cm³/mol. The molecular formula is C26H20F4N8O2. The lowest BCUT2D eigenvalue weighted by Gasteiger charge is -2.14. The molecule has 0 unspecified atom stereocenters. The normalized spacial score (nSPS) is 16.4. The summed E-state index contributed by atoms with van der Waals surface area (Å²) in [7, 11) is 0. The van der Waals surface area contributed by atoms with Gasteiger partial charge in [0.05, 0.1) is 11.8 Å². The molecule has 1 aliphatic heterocycles. The van der Waals surface area contributed by atoms with Crippen LogP contribution in [0.3, 0.4) is 0 Å². The van der Waals surface area contributed by atoms with E-state index < -0.39 is 29.5 Å². The van der Waals surface area contributed by atoms with Gasteiger partial charge in [0, 0.05) is 18.2 Å². The number of halogens is 4. The van der Waals surface area contributed by atoms with Crippen molar-refractivity contribution in [3.63, 3.8) is 0 Å². The van der Waals surface area contributed by atoms with Crippen molar-refractivity contribution >= 4 is 35.6 Å². The lowest BCUT2D eigenvalue weighted by Crippen LogP contribution is -2.22. The number of amides is 3. The highest BCUT2D eigenvalue weighted by Gasteiger charge is 2.31. The zero-order chi connectivity index (χ0) is 28.0. The van der Waals surface area contributed by atoms with Crippen LogP contribution in [0.2, 0.25) is 0 Å². The average Bonchev–Trinajstić information content (AvgIpc) is 3.55. The topological polar surface area (TPSA) is 125 Å². The summed E-state index contributed by atoms with van der Waals surface area (Å²) >= 11 is 0. The first kappa shape index (κ1) is 25.3. The summed E-state index contributed by atoms with van der Waals surface area (Å²) < 4.78 is 55.6. The number of imide groups is 1. The zero-order valence-corrected chi connectivity index (χ0v) is 20.5. The number of rotatable bonds is 7. The molecule has 10 nitrogen and oxygen atoms in total. The molecule has 0 spiro atoms. The summed E-state index contributed by atoms with van der Waals surface area (Å²) in [5, 5.41) is 15.1. The van der Waals surface area contributed by atoms with E-state index in [-0.39, 0.29) is 29.8 Å². The number of hydrogen-bond donors (Lipinski definition) is 4. The molecule has 6 rings (SSSR count). The minimum atomic E-state index is -4.52. The number of carbonyl (C=O) groups excluding carboxylic acids is 2. The molecule has 14 heteroatoms. The monoisotopic (exact) mass is 552 g/mol. The molecule has 1 saturated carbocycles. The number of carbonyl (C=O) groups is 2. The molecule has 2 aromatic heterocycles. The Kier molecular flexibility index (Phi) is 6.08. The van der Waals surface area contributed by atoms with Gasteiger partial charge in [-0.3, -0.25) is 10.1 Å². The fraction of sp³-hybridized carbons (Fsp3) is 0.192. The van der Waals surface area contributed by atoms with Gasteiger partial charge in [0.2, 0.25) is 11.9 Å². The lowest BCUT2D eigenvalue weighted by atomic mass is 9.97. The first-order valence-corrected chi connectivity index (χ1v) is 12.2. The summed E-state index contributed by atoms with van der Waals surface area (Å²) in [4.78, 5) is 32.5. The second kappa shape index (κ2) is 9.63. The minimum absolute atomic E-state index is 0.00853. The van der Waals surface area contributed by atoms with Gasteiger partial charge < -0.3 is 16.0 Å². The summed E-state index contributed by atoms with van der Waals surface area (Å²) in [6.07, 6.45) is 0.265. The van der Waals surface area contributed by atoms with Crippen molar-refractivity contribution in [3.05, 3.63) is 76.9 Å². The maximum Gasteiger partial charge on any atom is 0.416 e. The van der Waals surface area contributed by atoms with Crippen molar-refractivity contribution in [2.75, 3.05) is 10.6 Å². The summed E-state index contributed by atoms with van der Waals surface area (Å²) in [5.41, 5.74) is 1.03. The SMILES string of the molecule is O=C1NC(=O)/C(=C/c2cnn3c(NC4CC4)nc(NCc4cc(F)ccc4-c4cccc(C(F)(F)F)c4)nc23)N1. The van der Waals surface area contributed by atoms with Crippen LogP contribution in [0, 0.1) is 5.82 Å². The van der Waals surface area contributed by atoms with E-state index in [9.17, 15) is 27.2 Å². The summed E-state index contributed by atoms with van der Waals surface area (Å²) in [6, 6.07) is 8.21. The molecule has 1 aliphatic carbocycles. The van der Waals surface area contributed by atoms with Gasteiger partial charge in [0.1, 0.15) is 11.5 Å². The molecule has 0 atom stereocenters. The lowest BCUT2D eigenvalue weighted by molar-refractivity contribution is -0.137. The number of benzene rings is 2. The second-order valence-corrected chi connectivity index (χ2v) is 9.32. The quantitative estimate of drug-likeness (QED) is 0.153. The van der Waals surface area contributed by atoms with Gasteiger partial charge in [-0.15, -0.1) is 0 Å². The molecule has 2 aromatic carbocycles. The number of urea groups is 1. The Balaban J connectivity index is 1.35. The molecule has 4 N–H and O–H groups in total. The standard InChI is InChI=1S/C26H20F4N8O2/c27-17-4-7-19(13-2-1-3-16(8-13)26(28,29)30)14(9-17)11-31-23-35-21-15(10-20-22(39)36-25(40)34-20)12-32-38(21)24(37-23)33-18-5-6-18/h1-4,7-10,12,18H,5-6,11H2,(H2,31,33,35,37)(H2,34,36,39,40)/b20-10-. The van der Waals surface area contributed by atoms with E-state index in [1.807, 2.05) is 0 Å². The van der Waals surface area contributed by atoms with E-state index in [0.717, 1.165) is 25.0 Å². The van der Waals surface area contributed by atoms with Crippen LogP contribution in [-0.2, 0) is 17.5 Å². The van der Waals surface area contributed by atoms with Crippen LogP contribution in [0.4, 0.5) is 34.3 Å². The van der Waals surface area contributed by atoms with E-state index in [0.29, 0.717) is 28.3 Å². The number of nitrogens with zero attached hydrogens (tertiary/aromatic N) is 4. The van der Waals surface area contributed by atoms with E-state index in [4.69, 9.17) is 0 Å². The van der Waals surface area contributed by atoms with Crippen molar-refractivity contribution in [2.45, 2.75) is 31.6 Å². The van der Waals surface area contributed by atoms with Crippen LogP contribution in [0.25, 0.3) is 22.9 Å². The fourth-order valence-corrected chi connectivity index (χ4v) is 4.24.